The van der Waals surface area contributed by atoms with E-state index in [1.807, 2.05) is 0 Å². The molecule has 0 aromatic heterocycles. The predicted octanol–water partition coefficient (Wildman–Crippen LogP) is -2.24. The molecular weight excluding hydrogens is 428 g/mol. The summed E-state index contributed by atoms with van der Waals surface area (Å²) in [4.78, 5) is 31.2. The second kappa shape index (κ2) is 17.0. The number of hydrogen-bond acceptors (Lipinski definition) is 6. The van der Waals surface area contributed by atoms with Gasteiger partial charge < -0.3 is 9.79 Å². The van der Waals surface area contributed by atoms with Crippen molar-refractivity contribution in [1.82, 2.24) is 0 Å². The van der Waals surface area contributed by atoms with Crippen molar-refractivity contribution in [3.8, 4) is 0 Å². The van der Waals surface area contributed by atoms with Gasteiger partial charge in [0.25, 0.3) is 0 Å². The zero-order valence-electron chi connectivity index (χ0n) is 4.74. The summed E-state index contributed by atoms with van der Waals surface area (Å²) in [5.41, 5.74) is 0. The normalized spacial score (nSPS) is 8.73. The van der Waals surface area contributed by atoms with Crippen LogP contribution in [0.3, 0.4) is 0 Å². The molecule has 0 bridgehead atoms. The maximum absolute atomic E-state index is 8.59. The van der Waals surface area contributed by atoms with E-state index in [-0.39, 0.29) is 0 Å². The second-order valence-electron chi connectivity index (χ2n) is 0.559. The van der Waals surface area contributed by atoms with Crippen LogP contribution in [0.25, 0.3) is 0 Å². The Morgan fingerprint density at radius 2 is 1.00 bits per heavy atom. The van der Waals surface area contributed by atoms with Gasteiger partial charge in [0.1, 0.15) is 0 Å². The van der Waals surface area contributed by atoms with Crippen LogP contribution in [-0.4, -0.2) is 9.79 Å². The van der Waals surface area contributed by atoms with Crippen molar-refractivity contribution in [2.75, 3.05) is 0 Å². The molecule has 0 aromatic carbocycles. The van der Waals surface area contributed by atoms with E-state index >= 15 is 0 Å². The Bertz CT molecular complexity index is 124. The van der Waals surface area contributed by atoms with Crippen LogP contribution in [0.5, 0.6) is 0 Å². The third-order valence-corrected chi connectivity index (χ3v) is 0. The predicted molar refractivity (Wildman–Crippen MR) is 21.0 cm³/mol. The summed E-state index contributed by atoms with van der Waals surface area (Å²) in [7, 11) is -6.24. The van der Waals surface area contributed by atoms with Crippen molar-refractivity contribution in [2.45, 2.75) is 0 Å². The summed E-state index contributed by atoms with van der Waals surface area (Å²) in [5, 5.41) is 0. The van der Waals surface area contributed by atoms with E-state index in [0.717, 1.165) is 0 Å². The van der Waals surface area contributed by atoms with E-state index in [0.29, 0.717) is 0 Å². The van der Waals surface area contributed by atoms with Crippen molar-refractivity contribution < 1.29 is 61.0 Å². The van der Waals surface area contributed by atoms with Gasteiger partial charge in [0.15, 0.2) is 0 Å². The molecule has 0 rings (SSSR count). The molecule has 2 unspecified atom stereocenters. The Kier molecular flexibility index (Phi) is 27.3. The first-order valence-electron chi connectivity index (χ1n) is 1.54. The fourth-order valence-electron chi connectivity index (χ4n) is 0. The zero-order valence-corrected chi connectivity index (χ0v) is 10.7. The minimum atomic E-state index is -3.12. The SMILES string of the molecule is O=[P+]([O-])O.O=[P+]([O-])O.[O]=[U]=[O]. The van der Waals surface area contributed by atoms with E-state index in [9.17, 15) is 0 Å². The Hall–Kier alpha value is 0.692. The number of hydrogen-bond donors (Lipinski definition) is 2. The average molecular weight is 430 g/mol. The molecule has 0 saturated carbocycles. The Labute approximate surface area is 77.4 Å². The molecule has 0 fully saturated rings. The molecule has 11 heteroatoms. The van der Waals surface area contributed by atoms with Gasteiger partial charge in [0, 0.05) is 0 Å². The van der Waals surface area contributed by atoms with Gasteiger partial charge in [-0.3, -0.25) is 0 Å². The van der Waals surface area contributed by atoms with E-state index in [2.05, 4.69) is 0 Å². The molecule has 8 nitrogen and oxygen atoms in total. The molecule has 64 valence electrons. The summed E-state index contributed by atoms with van der Waals surface area (Å²) in [5.74, 6) is 0. The van der Waals surface area contributed by atoms with E-state index in [1.54, 1.807) is 0 Å². The van der Waals surface area contributed by atoms with E-state index in [4.69, 9.17) is 33.2 Å². The van der Waals surface area contributed by atoms with Gasteiger partial charge in [-0.25, -0.2) is 0 Å². The molecule has 0 heterocycles. The van der Waals surface area contributed by atoms with Crippen molar-refractivity contribution in [2.24, 2.45) is 0 Å². The van der Waals surface area contributed by atoms with Crippen LogP contribution in [-0.2, 0) is 13.6 Å². The molecular formula is H2O8P2U. The van der Waals surface area contributed by atoms with Crippen LogP contribution in [0.15, 0.2) is 0 Å². The maximum atomic E-state index is 8.59. The van der Waals surface area contributed by atoms with Gasteiger partial charge in [-0.1, -0.05) is 0 Å². The van der Waals surface area contributed by atoms with E-state index < -0.39 is 44.3 Å². The van der Waals surface area contributed by atoms with Crippen LogP contribution in [0, 0.1) is 27.8 Å². The zero-order chi connectivity index (χ0) is 9.86. The van der Waals surface area contributed by atoms with Gasteiger partial charge in [-0.2, -0.15) is 9.79 Å². The topological polar surface area (TPSA) is 155 Å². The van der Waals surface area contributed by atoms with Crippen molar-refractivity contribution in [3.63, 3.8) is 0 Å². The molecule has 0 amide bonds. The quantitative estimate of drug-likeness (QED) is 0.409. The first-order chi connectivity index (χ1) is 4.88. The summed E-state index contributed by atoms with van der Waals surface area (Å²) in [6, 6.07) is 0. The van der Waals surface area contributed by atoms with E-state index in [1.165, 1.54) is 0 Å². The summed E-state index contributed by atoms with van der Waals surface area (Å²) < 4.78 is 34.4. The standard InChI is InChI=1S/2HO3P.2O.U/c2*1-4(2)3;;;/h2*(H,1,2,3);;;. The van der Waals surface area contributed by atoms with Crippen molar-refractivity contribution in [3.05, 3.63) is 0 Å². The molecule has 0 saturated heterocycles. The Morgan fingerprint density at radius 1 is 1.00 bits per heavy atom. The molecule has 0 radical (unpaired) electrons. The van der Waals surface area contributed by atoms with Crippen LogP contribution < -0.4 is 9.79 Å². The van der Waals surface area contributed by atoms with Gasteiger partial charge in [-0.05, 0) is 9.13 Å². The molecule has 0 aliphatic heterocycles. The minimum absolute atomic E-state index is 2.51. The van der Waals surface area contributed by atoms with Crippen LogP contribution in [0.4, 0.5) is 0 Å². The molecule has 2 atom stereocenters. The van der Waals surface area contributed by atoms with Gasteiger partial charge in [0.2, 0.25) is 0 Å². The molecule has 2 N–H and O–H groups in total. The van der Waals surface area contributed by atoms with Gasteiger partial charge in [0.05, 0.1) is 0 Å². The van der Waals surface area contributed by atoms with Crippen LogP contribution in [0.2, 0.25) is 0 Å². The first-order valence-corrected chi connectivity index (χ1v) is 7.20. The fourth-order valence-corrected chi connectivity index (χ4v) is 0. The van der Waals surface area contributed by atoms with Crippen molar-refractivity contribution in [1.29, 1.82) is 0 Å². The van der Waals surface area contributed by atoms with Crippen LogP contribution in [0.1, 0.15) is 0 Å². The molecule has 0 aliphatic rings. The van der Waals surface area contributed by atoms with Gasteiger partial charge >= 0.3 is 48.8 Å². The van der Waals surface area contributed by atoms with Crippen LogP contribution >= 0.6 is 16.5 Å². The Morgan fingerprint density at radius 3 is 1.00 bits per heavy atom. The summed E-state index contributed by atoms with van der Waals surface area (Å²) in [6.07, 6.45) is 0. The molecule has 0 aliphatic carbocycles. The second-order valence-corrected chi connectivity index (χ2v) is 2.20. The number of rotatable bonds is 0. The first kappa shape index (κ1) is 17.7. The molecule has 0 spiro atoms. The third-order valence-electron chi connectivity index (χ3n) is 0. The summed E-state index contributed by atoms with van der Waals surface area (Å²) >= 11 is -2.51. The Balaban J connectivity index is -0.0000000886. The third kappa shape index (κ3) is 1690. The molecule has 11 heavy (non-hydrogen) atoms. The fraction of sp³-hybridized carbons (Fsp3) is 0. The molecule has 0 aromatic rings. The monoisotopic (exact) mass is 430 g/mol. The van der Waals surface area contributed by atoms with Gasteiger partial charge in [-0.15, -0.1) is 0 Å². The van der Waals surface area contributed by atoms with Crippen molar-refractivity contribution >= 4 is 16.5 Å². The average Bonchev–Trinajstić information content (AvgIpc) is 1.60. The summed E-state index contributed by atoms with van der Waals surface area (Å²) in [6.45, 7) is 0.